The number of ether oxygens (including phenoxy) is 6. The van der Waals surface area contributed by atoms with E-state index >= 15 is 0 Å². The number of fused-ring (bicyclic) bond motifs is 5. The van der Waals surface area contributed by atoms with Crippen LogP contribution in [-0.2, 0) is 28.4 Å². The lowest BCUT2D eigenvalue weighted by Gasteiger charge is -2.65. The van der Waals surface area contributed by atoms with Crippen molar-refractivity contribution in [1.29, 1.82) is 0 Å². The molecule has 0 aromatic heterocycles. The van der Waals surface area contributed by atoms with E-state index in [1.807, 2.05) is 0 Å². The van der Waals surface area contributed by atoms with Gasteiger partial charge in [-0.15, -0.1) is 0 Å². The van der Waals surface area contributed by atoms with E-state index in [0.717, 1.165) is 25.7 Å². The molecule has 0 N–H and O–H groups in total. The summed E-state index contributed by atoms with van der Waals surface area (Å²) < 4.78 is 36.9. The quantitative estimate of drug-likeness (QED) is 0.123. The molecule has 4 rings (SSSR count). The van der Waals surface area contributed by atoms with Gasteiger partial charge in [-0.2, -0.15) is 0 Å². The zero-order chi connectivity index (χ0) is 27.5. The zero-order valence-electron chi connectivity index (χ0n) is 25.1. The minimum absolute atomic E-state index is 0.218. The predicted molar refractivity (Wildman–Crippen MR) is 158 cm³/mol. The first-order valence-electron chi connectivity index (χ1n) is 15.2. The second-order valence-corrected chi connectivity index (χ2v) is 14.4. The van der Waals surface area contributed by atoms with Crippen LogP contribution in [0.3, 0.4) is 0 Å². The average Bonchev–Trinajstić information content (AvgIpc) is 3.21. The second-order valence-electron chi connectivity index (χ2n) is 13.4. The highest BCUT2D eigenvalue weighted by Crippen LogP contribution is 2.70. The maximum Gasteiger partial charge on any atom is 0.146 e. The molecule has 0 amide bonds. The first-order chi connectivity index (χ1) is 18.3. The molecule has 7 heteroatoms. The third-order valence-electron chi connectivity index (χ3n) is 11.8. The summed E-state index contributed by atoms with van der Waals surface area (Å²) in [5, 5.41) is 0. The summed E-state index contributed by atoms with van der Waals surface area (Å²) in [6, 6.07) is 0. The van der Waals surface area contributed by atoms with Crippen molar-refractivity contribution in [2.45, 2.75) is 97.4 Å². The molecule has 0 saturated heterocycles. The fraction of sp³-hybridized carbons (Fsp3) is 1.00. The van der Waals surface area contributed by atoms with Crippen LogP contribution in [0.4, 0.5) is 0 Å². The van der Waals surface area contributed by atoms with Gasteiger partial charge in [-0.05, 0) is 102 Å². The fourth-order valence-electron chi connectivity index (χ4n) is 10.3. The first-order valence-corrected chi connectivity index (χ1v) is 16.7. The molecule has 0 aromatic rings. The smallest absolute Gasteiger partial charge is 0.146 e. The summed E-state index contributed by atoms with van der Waals surface area (Å²) in [7, 11) is 5.23. The number of hydrogen-bond acceptors (Lipinski definition) is 6. The highest BCUT2D eigenvalue weighted by atomic mass is 127. The lowest BCUT2D eigenvalue weighted by Crippen LogP contribution is -2.63. The molecule has 0 bridgehead atoms. The molecule has 4 aliphatic rings. The van der Waals surface area contributed by atoms with E-state index in [-0.39, 0.29) is 23.7 Å². The molecule has 4 fully saturated rings. The Kier molecular flexibility index (Phi) is 11.3. The Morgan fingerprint density at radius 2 is 1.47 bits per heavy atom. The molecule has 0 spiro atoms. The Morgan fingerprint density at radius 3 is 2.13 bits per heavy atom. The number of alkyl halides is 1. The van der Waals surface area contributed by atoms with Crippen molar-refractivity contribution in [1.82, 2.24) is 0 Å². The summed E-state index contributed by atoms with van der Waals surface area (Å²) in [4.78, 5) is 0. The number of hydrogen-bond donors (Lipinski definition) is 0. The van der Waals surface area contributed by atoms with E-state index in [2.05, 4.69) is 50.3 Å². The zero-order valence-corrected chi connectivity index (χ0v) is 27.2. The Balaban J connectivity index is 1.71. The van der Waals surface area contributed by atoms with Crippen molar-refractivity contribution in [3.05, 3.63) is 0 Å². The van der Waals surface area contributed by atoms with Crippen LogP contribution in [0, 0.1) is 52.3 Å². The van der Waals surface area contributed by atoms with Gasteiger partial charge in [0, 0.05) is 21.3 Å². The van der Waals surface area contributed by atoms with Crippen molar-refractivity contribution < 1.29 is 28.4 Å². The van der Waals surface area contributed by atoms with Gasteiger partial charge in [0.1, 0.15) is 20.4 Å². The van der Waals surface area contributed by atoms with Crippen LogP contribution < -0.4 is 0 Å². The second kappa shape index (κ2) is 13.6. The largest absolute Gasteiger partial charge is 0.359 e. The minimum Gasteiger partial charge on any atom is -0.359 e. The molecule has 4 aliphatic carbocycles. The summed E-state index contributed by atoms with van der Waals surface area (Å²) in [5.41, 5.74) is 0.584. The minimum atomic E-state index is 0.218. The van der Waals surface area contributed by atoms with Gasteiger partial charge in [-0.1, -0.05) is 56.7 Å². The third-order valence-corrected chi connectivity index (χ3v) is 12.4. The van der Waals surface area contributed by atoms with Crippen molar-refractivity contribution >= 4 is 22.6 Å². The van der Waals surface area contributed by atoms with E-state index in [0.29, 0.717) is 67.2 Å². The topological polar surface area (TPSA) is 55.4 Å². The normalized spacial score (nSPS) is 45.3. The molecule has 6 nitrogen and oxygen atoms in total. The Bertz CT molecular complexity index is 739. The summed E-state index contributed by atoms with van der Waals surface area (Å²) >= 11 is 2.55. The van der Waals surface area contributed by atoms with Gasteiger partial charge >= 0.3 is 0 Å². The van der Waals surface area contributed by atoms with Gasteiger partial charge in [0.2, 0.25) is 0 Å². The Morgan fingerprint density at radius 1 is 0.816 bits per heavy atom. The van der Waals surface area contributed by atoms with Gasteiger partial charge < -0.3 is 28.4 Å². The van der Waals surface area contributed by atoms with Crippen LogP contribution in [-0.4, -0.2) is 64.4 Å². The summed E-state index contributed by atoms with van der Waals surface area (Å²) in [6.45, 7) is 11.2. The van der Waals surface area contributed by atoms with Gasteiger partial charge in [0.05, 0.1) is 18.3 Å². The van der Waals surface area contributed by atoms with Crippen LogP contribution in [0.2, 0.25) is 0 Å². The molecule has 38 heavy (non-hydrogen) atoms. The van der Waals surface area contributed by atoms with Gasteiger partial charge in [-0.25, -0.2) is 0 Å². The summed E-state index contributed by atoms with van der Waals surface area (Å²) in [5.74, 6) is 4.12. The van der Waals surface area contributed by atoms with Crippen molar-refractivity contribution in [3.63, 3.8) is 0 Å². The fourth-order valence-corrected chi connectivity index (χ4v) is 11.3. The van der Waals surface area contributed by atoms with E-state index in [1.165, 1.54) is 30.1 Å². The van der Waals surface area contributed by atoms with Crippen LogP contribution in [0.5, 0.6) is 0 Å². The lowest BCUT2D eigenvalue weighted by molar-refractivity contribution is -0.239. The van der Waals surface area contributed by atoms with Crippen LogP contribution >= 0.6 is 22.6 Å². The number of rotatable bonds is 13. The molecule has 0 radical (unpaired) electrons. The molecular formula is C31H55IO6. The third kappa shape index (κ3) is 5.74. The van der Waals surface area contributed by atoms with Gasteiger partial charge in [0.15, 0.2) is 0 Å². The maximum absolute atomic E-state index is 6.77. The van der Waals surface area contributed by atoms with Crippen LogP contribution in [0.25, 0.3) is 0 Å². The van der Waals surface area contributed by atoms with E-state index in [4.69, 9.17) is 28.4 Å². The molecule has 0 heterocycles. The average molecular weight is 651 g/mol. The van der Waals surface area contributed by atoms with E-state index < -0.39 is 0 Å². The predicted octanol–water partition coefficient (Wildman–Crippen LogP) is 6.93. The number of methoxy groups -OCH3 is 3. The molecule has 12 atom stereocenters. The monoisotopic (exact) mass is 650 g/mol. The van der Waals surface area contributed by atoms with Gasteiger partial charge in [-0.3, -0.25) is 0 Å². The summed E-state index contributed by atoms with van der Waals surface area (Å²) in [6.07, 6.45) is 10.3. The van der Waals surface area contributed by atoms with Crippen molar-refractivity contribution in [2.24, 2.45) is 52.3 Å². The van der Waals surface area contributed by atoms with Crippen LogP contribution in [0.1, 0.15) is 79.1 Å². The van der Waals surface area contributed by atoms with Crippen molar-refractivity contribution in [2.75, 3.05) is 46.1 Å². The maximum atomic E-state index is 6.77. The SMILES string of the molecule is CC[C@H]1[C@@H](OCOC)C2C3C[C@H](OCOC)[C@H]([C@H](C)CCI)[C@@]3(C)CCC2[C@@]2(C)CC[C@@H](OCOC)C[C@@H]12. The first kappa shape index (κ1) is 31.4. The highest BCUT2D eigenvalue weighted by Gasteiger charge is 2.67. The highest BCUT2D eigenvalue weighted by molar-refractivity contribution is 14.1. The lowest BCUT2D eigenvalue weighted by atomic mass is 9.41. The molecule has 0 aliphatic heterocycles. The van der Waals surface area contributed by atoms with Gasteiger partial charge in [0.25, 0.3) is 0 Å². The number of halogens is 1. The molecule has 222 valence electrons. The van der Waals surface area contributed by atoms with Crippen LogP contribution in [0.15, 0.2) is 0 Å². The standard InChI is InChI=1S/C31H55IO6/c1-8-22-24-15-21(36-17-33-5)9-12-30(24,3)23-10-13-31(4)25(27(23)29(22)38-19-35-7)16-26(37-18-34-6)28(31)20(2)11-14-32/h20-29H,8-19H2,1-7H3/t20-,21-,22-,23?,24+,25?,26+,27?,28+,29-,30-,31+/m1/s1. The molecule has 4 saturated carbocycles. The molecule has 0 aromatic carbocycles. The van der Waals surface area contributed by atoms with E-state index in [9.17, 15) is 0 Å². The molecular weight excluding hydrogens is 595 g/mol. The Hall–Kier alpha value is 0.490. The van der Waals surface area contributed by atoms with Crippen molar-refractivity contribution in [3.8, 4) is 0 Å². The molecule has 3 unspecified atom stereocenters. The Labute approximate surface area is 246 Å². The van der Waals surface area contributed by atoms with E-state index in [1.54, 1.807) is 21.3 Å².